The fourth-order valence-corrected chi connectivity index (χ4v) is 6.04. The van der Waals surface area contributed by atoms with Crippen LogP contribution in [0.3, 0.4) is 0 Å². The number of benzene rings is 1. The van der Waals surface area contributed by atoms with E-state index in [2.05, 4.69) is 9.71 Å². The van der Waals surface area contributed by atoms with E-state index in [1.807, 2.05) is 35.7 Å². The third-order valence-corrected chi connectivity index (χ3v) is 7.33. The Labute approximate surface area is 141 Å². The maximum Gasteiger partial charge on any atom is 0.212 e. The molecule has 1 aromatic heterocycles. The van der Waals surface area contributed by atoms with Gasteiger partial charge in [-0.25, -0.2) is 18.1 Å². The maximum absolute atomic E-state index is 12.6. The molecule has 4 nitrogen and oxygen atoms in total. The lowest BCUT2D eigenvalue weighted by atomic mass is 9.73. The summed E-state index contributed by atoms with van der Waals surface area (Å²) >= 11 is 1.48. The lowest BCUT2D eigenvalue weighted by Crippen LogP contribution is -2.38. The highest BCUT2D eigenvalue weighted by Crippen LogP contribution is 2.63. The van der Waals surface area contributed by atoms with Gasteiger partial charge in [-0.3, -0.25) is 0 Å². The number of hydrogen-bond acceptors (Lipinski definition) is 4. The molecule has 0 bridgehead atoms. The Kier molecular flexibility index (Phi) is 3.78. The summed E-state index contributed by atoms with van der Waals surface area (Å²) in [6.07, 6.45) is 6.47. The van der Waals surface area contributed by atoms with Crippen LogP contribution in [-0.2, 0) is 10.0 Å². The average molecular weight is 348 g/mol. The summed E-state index contributed by atoms with van der Waals surface area (Å²) in [6.45, 7) is 0. The highest BCUT2D eigenvalue weighted by Gasteiger charge is 2.53. The maximum atomic E-state index is 12.6. The van der Waals surface area contributed by atoms with Crippen molar-refractivity contribution in [3.05, 3.63) is 52.5 Å². The molecule has 2 aliphatic carbocycles. The third-order valence-electron chi connectivity index (χ3n) is 4.98. The number of hydrogen-bond donors (Lipinski definition) is 1. The number of nitrogens with zero attached hydrogens (tertiary/aromatic N) is 1. The van der Waals surface area contributed by atoms with Gasteiger partial charge >= 0.3 is 0 Å². The van der Waals surface area contributed by atoms with Gasteiger partial charge in [0.15, 0.2) is 0 Å². The smallest absolute Gasteiger partial charge is 0.212 e. The topological polar surface area (TPSA) is 59.1 Å². The zero-order valence-corrected chi connectivity index (χ0v) is 14.4. The van der Waals surface area contributed by atoms with Crippen molar-refractivity contribution in [1.82, 2.24) is 9.71 Å². The Morgan fingerprint density at radius 2 is 2.00 bits per heavy atom. The zero-order chi connectivity index (χ0) is 15.9. The highest BCUT2D eigenvalue weighted by molar-refractivity contribution is 7.89. The fourth-order valence-electron chi connectivity index (χ4n) is 3.69. The third kappa shape index (κ3) is 3.34. The van der Waals surface area contributed by atoms with E-state index in [1.54, 1.807) is 6.20 Å². The van der Waals surface area contributed by atoms with Crippen LogP contribution in [0.5, 0.6) is 0 Å². The van der Waals surface area contributed by atoms with E-state index in [-0.39, 0.29) is 5.75 Å². The minimum absolute atomic E-state index is 0.240. The largest absolute Gasteiger partial charge is 0.248 e. The molecule has 2 aromatic rings. The lowest BCUT2D eigenvalue weighted by molar-refractivity contribution is 0.189. The van der Waals surface area contributed by atoms with Gasteiger partial charge < -0.3 is 0 Å². The van der Waals surface area contributed by atoms with Crippen LogP contribution in [0.15, 0.2) is 41.9 Å². The van der Waals surface area contributed by atoms with E-state index >= 15 is 0 Å². The zero-order valence-electron chi connectivity index (χ0n) is 12.8. The van der Waals surface area contributed by atoms with E-state index in [0.29, 0.717) is 11.3 Å². The van der Waals surface area contributed by atoms with E-state index in [9.17, 15) is 8.42 Å². The molecule has 1 atom stereocenters. The minimum atomic E-state index is -3.32. The van der Waals surface area contributed by atoms with Gasteiger partial charge in [-0.2, -0.15) is 0 Å². The van der Waals surface area contributed by atoms with Crippen LogP contribution in [0, 0.1) is 11.3 Å². The van der Waals surface area contributed by atoms with Crippen molar-refractivity contribution >= 4 is 21.4 Å². The van der Waals surface area contributed by atoms with E-state index in [1.165, 1.54) is 24.2 Å². The second kappa shape index (κ2) is 5.69. The van der Waals surface area contributed by atoms with Crippen molar-refractivity contribution < 1.29 is 8.42 Å². The number of sulfonamides is 1. The first kappa shape index (κ1) is 15.3. The fraction of sp³-hybridized carbons (Fsp3) is 0.471. The predicted octanol–water partition coefficient (Wildman–Crippen LogP) is 3.34. The molecule has 2 saturated carbocycles. The second-order valence-electron chi connectivity index (χ2n) is 6.89. The summed E-state index contributed by atoms with van der Waals surface area (Å²) in [5.41, 5.74) is 1.47. The summed E-state index contributed by atoms with van der Waals surface area (Å²) in [5, 5.41) is 2.66. The Morgan fingerprint density at radius 3 is 2.61 bits per heavy atom. The van der Waals surface area contributed by atoms with Crippen molar-refractivity contribution in [1.29, 1.82) is 0 Å². The highest BCUT2D eigenvalue weighted by atomic mass is 32.2. The van der Waals surface area contributed by atoms with Crippen molar-refractivity contribution in [2.75, 3.05) is 5.75 Å². The van der Waals surface area contributed by atoms with Crippen LogP contribution >= 0.6 is 11.3 Å². The molecule has 1 N–H and O–H groups in total. The molecule has 4 rings (SSSR count). The molecular formula is C17H20N2O2S2. The molecule has 2 fully saturated rings. The molecule has 1 heterocycles. The molecular weight excluding hydrogens is 328 g/mol. The number of rotatable bonds is 6. The summed E-state index contributed by atoms with van der Waals surface area (Å²) < 4.78 is 28.1. The van der Waals surface area contributed by atoms with Gasteiger partial charge in [-0.15, -0.1) is 11.3 Å². The first-order chi connectivity index (χ1) is 11.1. The molecule has 1 aromatic carbocycles. The van der Waals surface area contributed by atoms with Crippen molar-refractivity contribution in [2.24, 2.45) is 11.3 Å². The lowest BCUT2D eigenvalue weighted by Gasteiger charge is -2.35. The quantitative estimate of drug-likeness (QED) is 0.871. The Bertz CT molecular complexity index is 760. The molecule has 6 heteroatoms. The van der Waals surface area contributed by atoms with Crippen LogP contribution in [0.2, 0.25) is 0 Å². The van der Waals surface area contributed by atoms with Gasteiger partial charge in [0.1, 0.15) is 5.01 Å². The molecule has 0 aliphatic heterocycles. The normalized spacial score (nSPS) is 21.0. The van der Waals surface area contributed by atoms with E-state index in [0.717, 1.165) is 23.4 Å². The molecule has 0 amide bonds. The van der Waals surface area contributed by atoms with Crippen LogP contribution in [0.25, 0.3) is 0 Å². The molecule has 2 aliphatic rings. The number of aromatic nitrogens is 1. The van der Waals surface area contributed by atoms with Crippen LogP contribution in [0.1, 0.15) is 42.3 Å². The van der Waals surface area contributed by atoms with E-state index in [4.69, 9.17) is 0 Å². The average Bonchev–Trinajstić information content (AvgIpc) is 3.10. The molecule has 23 heavy (non-hydrogen) atoms. The van der Waals surface area contributed by atoms with Gasteiger partial charge in [-0.1, -0.05) is 30.3 Å². The van der Waals surface area contributed by atoms with Gasteiger partial charge in [-0.05, 0) is 42.6 Å². The van der Waals surface area contributed by atoms with Crippen molar-refractivity contribution in [3.8, 4) is 0 Å². The SMILES string of the molecule is O=S(=O)(CC1CC2(CC2)C1)NC(c1ccccc1)c1nccs1. The van der Waals surface area contributed by atoms with Gasteiger partial charge in [0.05, 0.1) is 11.8 Å². The van der Waals surface area contributed by atoms with Crippen molar-refractivity contribution in [3.63, 3.8) is 0 Å². The van der Waals surface area contributed by atoms with E-state index < -0.39 is 16.1 Å². The summed E-state index contributed by atoms with van der Waals surface area (Å²) in [6, 6.07) is 9.27. The number of nitrogens with one attached hydrogen (secondary N) is 1. The molecule has 0 radical (unpaired) electrons. The second-order valence-corrected chi connectivity index (χ2v) is 9.61. The summed E-state index contributed by atoms with van der Waals surface area (Å²) in [5.74, 6) is 0.562. The molecule has 0 saturated heterocycles. The van der Waals surface area contributed by atoms with Gasteiger partial charge in [0.25, 0.3) is 0 Å². The van der Waals surface area contributed by atoms with Gasteiger partial charge in [0, 0.05) is 11.6 Å². The summed E-state index contributed by atoms with van der Waals surface area (Å²) in [4.78, 5) is 4.32. The van der Waals surface area contributed by atoms with Crippen molar-refractivity contribution in [2.45, 2.75) is 31.7 Å². The van der Waals surface area contributed by atoms with Crippen LogP contribution in [0.4, 0.5) is 0 Å². The Balaban J connectivity index is 1.50. The molecule has 122 valence electrons. The molecule has 1 unspecified atom stereocenters. The minimum Gasteiger partial charge on any atom is -0.248 e. The first-order valence-corrected chi connectivity index (χ1v) is 10.5. The Morgan fingerprint density at radius 1 is 1.26 bits per heavy atom. The predicted molar refractivity (Wildman–Crippen MR) is 91.7 cm³/mol. The van der Waals surface area contributed by atoms with Crippen LogP contribution in [-0.4, -0.2) is 19.2 Å². The Hall–Kier alpha value is -1.24. The number of thiazole rings is 1. The standard InChI is InChI=1S/C17H20N2O2S2/c20-23(21,12-13-10-17(11-13)6-7-17)19-15(16-18-8-9-22-16)14-4-2-1-3-5-14/h1-5,8-9,13,15,19H,6-7,10-12H2. The van der Waals surface area contributed by atoms with Crippen LogP contribution < -0.4 is 4.72 Å². The molecule has 1 spiro atoms. The summed E-state index contributed by atoms with van der Waals surface area (Å²) in [7, 11) is -3.32. The first-order valence-electron chi connectivity index (χ1n) is 8.00. The monoisotopic (exact) mass is 348 g/mol. The van der Waals surface area contributed by atoms with Gasteiger partial charge in [0.2, 0.25) is 10.0 Å².